The van der Waals surface area contributed by atoms with Gasteiger partial charge in [-0.15, -0.1) is 5.10 Å². The van der Waals surface area contributed by atoms with Crippen LogP contribution in [0.5, 0.6) is 0 Å². The van der Waals surface area contributed by atoms with Gasteiger partial charge in [-0.3, -0.25) is 4.79 Å². The summed E-state index contributed by atoms with van der Waals surface area (Å²) in [5.74, 6) is 0. The summed E-state index contributed by atoms with van der Waals surface area (Å²) < 4.78 is -0.0827. The van der Waals surface area contributed by atoms with Gasteiger partial charge in [0.2, 0.25) is 3.79 Å². The molecule has 46 valence electrons. The fraction of sp³-hybridized carbons (Fsp3) is 0. The molecule has 1 aromatic rings. The molecule has 3 nitrogen and oxygen atoms in total. The minimum absolute atomic E-state index is 0.0827. The highest BCUT2D eigenvalue weighted by Crippen LogP contribution is 1.98. The first kappa shape index (κ1) is 6.60. The number of carbonyl (C=O) groups excluding carboxylic acids is 1. The topological polar surface area (TPSA) is 42.9 Å². The van der Waals surface area contributed by atoms with E-state index in [-0.39, 0.29) is 3.79 Å². The first-order valence-electron chi connectivity index (χ1n) is 2.28. The molecule has 0 unspecified atom stereocenters. The zero-order valence-corrected chi connectivity index (χ0v) is 6.57. The van der Waals surface area contributed by atoms with Gasteiger partial charge in [0.1, 0.15) is 5.69 Å². The third kappa shape index (κ3) is 1.70. The Balaban J connectivity index is 2.98. The van der Waals surface area contributed by atoms with Crippen LogP contribution in [0.2, 0.25) is 0 Å². The number of aromatic nitrogens is 2. The molecule has 0 aliphatic carbocycles. The minimum Gasteiger partial charge on any atom is -0.280 e. The van der Waals surface area contributed by atoms with Crippen molar-refractivity contribution in [1.82, 2.24) is 10.2 Å². The Morgan fingerprint density at radius 2 is 2.44 bits per heavy atom. The van der Waals surface area contributed by atoms with Gasteiger partial charge < -0.3 is 0 Å². The van der Waals surface area contributed by atoms with Crippen molar-refractivity contribution in [3.8, 4) is 0 Å². The average molecular weight is 234 g/mol. The summed E-state index contributed by atoms with van der Waals surface area (Å²) in [7, 11) is 0. The predicted molar refractivity (Wildman–Crippen MR) is 40.4 cm³/mol. The third-order valence-corrected chi connectivity index (χ3v) is 1.33. The van der Waals surface area contributed by atoms with Gasteiger partial charge >= 0.3 is 0 Å². The van der Waals surface area contributed by atoms with Crippen molar-refractivity contribution in [2.24, 2.45) is 0 Å². The van der Waals surface area contributed by atoms with Crippen LogP contribution in [0.4, 0.5) is 0 Å². The number of carbonyl (C=O) groups is 1. The average Bonchev–Trinajstić information content (AvgIpc) is 1.90. The first-order valence-corrected chi connectivity index (χ1v) is 3.36. The zero-order chi connectivity index (χ0) is 6.69. The Kier molecular flexibility index (Phi) is 2.10. The summed E-state index contributed by atoms with van der Waals surface area (Å²) in [6, 6.07) is 3.31. The van der Waals surface area contributed by atoms with E-state index < -0.39 is 0 Å². The smallest absolute Gasteiger partial charge is 0.242 e. The van der Waals surface area contributed by atoms with Crippen molar-refractivity contribution in [2.45, 2.75) is 0 Å². The molecule has 0 fully saturated rings. The molecule has 0 saturated heterocycles. The molecule has 1 aromatic heterocycles. The van der Waals surface area contributed by atoms with Crippen LogP contribution in [-0.4, -0.2) is 14.0 Å². The van der Waals surface area contributed by atoms with Crippen molar-refractivity contribution < 1.29 is 4.79 Å². The van der Waals surface area contributed by atoms with E-state index in [1.807, 2.05) is 0 Å². The summed E-state index contributed by atoms with van der Waals surface area (Å²) in [6.45, 7) is 0. The van der Waals surface area contributed by atoms with E-state index in [2.05, 4.69) is 10.2 Å². The highest BCUT2D eigenvalue weighted by Gasteiger charge is 1.98. The molecular weight excluding hydrogens is 231 g/mol. The maximum Gasteiger partial charge on any atom is 0.242 e. The summed E-state index contributed by atoms with van der Waals surface area (Å²) in [4.78, 5) is 10.5. The first-order chi connectivity index (χ1) is 4.30. The standard InChI is InChI=1S/C5H3IN2O/c6-5(9)4-2-1-3-7-8-4/h1-3H. The van der Waals surface area contributed by atoms with Crippen LogP contribution in [0.3, 0.4) is 0 Å². The fourth-order valence-electron chi connectivity index (χ4n) is 0.406. The van der Waals surface area contributed by atoms with Crippen LogP contribution < -0.4 is 0 Å². The number of halogens is 1. The van der Waals surface area contributed by atoms with E-state index in [0.717, 1.165) is 0 Å². The molecule has 1 heterocycles. The van der Waals surface area contributed by atoms with Crippen molar-refractivity contribution in [3.63, 3.8) is 0 Å². The third-order valence-electron chi connectivity index (χ3n) is 0.774. The minimum atomic E-state index is -0.0827. The molecule has 0 amide bonds. The van der Waals surface area contributed by atoms with E-state index in [0.29, 0.717) is 5.69 Å². The lowest BCUT2D eigenvalue weighted by molar-refractivity contribution is 0.110. The highest BCUT2D eigenvalue weighted by molar-refractivity contribution is 14.1. The fourth-order valence-corrected chi connectivity index (χ4v) is 0.694. The molecule has 1 rings (SSSR count). The van der Waals surface area contributed by atoms with Crippen LogP contribution in [-0.2, 0) is 0 Å². The quantitative estimate of drug-likeness (QED) is 0.538. The molecule has 0 radical (unpaired) electrons. The van der Waals surface area contributed by atoms with Gasteiger partial charge in [0.15, 0.2) is 0 Å². The van der Waals surface area contributed by atoms with E-state index in [4.69, 9.17) is 0 Å². The van der Waals surface area contributed by atoms with Gasteiger partial charge in [0.25, 0.3) is 0 Å². The van der Waals surface area contributed by atoms with Crippen LogP contribution in [0, 0.1) is 0 Å². The van der Waals surface area contributed by atoms with E-state index in [1.54, 1.807) is 34.7 Å². The van der Waals surface area contributed by atoms with Crippen LogP contribution in [0.1, 0.15) is 10.5 Å². The Labute approximate surface area is 65.6 Å². The number of nitrogens with zero attached hydrogens (tertiary/aromatic N) is 2. The van der Waals surface area contributed by atoms with Gasteiger partial charge in [-0.1, -0.05) is 0 Å². The van der Waals surface area contributed by atoms with Gasteiger partial charge in [0.05, 0.1) is 0 Å². The maximum absolute atomic E-state index is 10.5. The molecule has 0 aliphatic heterocycles. The molecule has 4 heteroatoms. The summed E-state index contributed by atoms with van der Waals surface area (Å²) >= 11 is 1.67. The summed E-state index contributed by atoms with van der Waals surface area (Å²) in [5, 5.41) is 7.10. The Morgan fingerprint density at radius 3 is 2.78 bits per heavy atom. The van der Waals surface area contributed by atoms with Crippen molar-refractivity contribution in [2.75, 3.05) is 0 Å². The summed E-state index contributed by atoms with van der Waals surface area (Å²) in [5.41, 5.74) is 0.401. The van der Waals surface area contributed by atoms with Gasteiger partial charge in [-0.05, 0) is 12.1 Å². The SMILES string of the molecule is O=C(I)c1cccnn1. The van der Waals surface area contributed by atoms with Crippen LogP contribution >= 0.6 is 22.6 Å². The largest absolute Gasteiger partial charge is 0.280 e. The number of hydrogen-bond donors (Lipinski definition) is 0. The molecule has 9 heavy (non-hydrogen) atoms. The lowest BCUT2D eigenvalue weighted by atomic mass is 10.4. The molecule has 0 N–H and O–H groups in total. The number of hydrogen-bond acceptors (Lipinski definition) is 3. The number of rotatable bonds is 1. The van der Waals surface area contributed by atoms with Crippen molar-refractivity contribution >= 4 is 26.4 Å². The normalized spacial score (nSPS) is 9.00. The Morgan fingerprint density at radius 1 is 1.67 bits per heavy atom. The van der Waals surface area contributed by atoms with E-state index in [9.17, 15) is 4.79 Å². The molecule has 0 aromatic carbocycles. The van der Waals surface area contributed by atoms with Gasteiger partial charge in [-0.2, -0.15) is 5.10 Å². The second-order valence-corrected chi connectivity index (χ2v) is 2.36. The molecule has 0 atom stereocenters. The zero-order valence-electron chi connectivity index (χ0n) is 4.41. The lowest BCUT2D eigenvalue weighted by Crippen LogP contribution is -1.92. The highest BCUT2D eigenvalue weighted by atomic mass is 127. The molecular formula is C5H3IN2O. The Hall–Kier alpha value is -0.520. The van der Waals surface area contributed by atoms with E-state index >= 15 is 0 Å². The second-order valence-electron chi connectivity index (χ2n) is 1.38. The second kappa shape index (κ2) is 2.86. The van der Waals surface area contributed by atoms with Crippen molar-refractivity contribution in [1.29, 1.82) is 0 Å². The molecule has 0 bridgehead atoms. The predicted octanol–water partition coefficient (Wildman–Crippen LogP) is 1.05. The molecule has 0 spiro atoms. The van der Waals surface area contributed by atoms with Crippen LogP contribution in [0.15, 0.2) is 18.3 Å². The monoisotopic (exact) mass is 234 g/mol. The van der Waals surface area contributed by atoms with Gasteiger partial charge in [-0.25, -0.2) is 0 Å². The van der Waals surface area contributed by atoms with E-state index in [1.165, 1.54) is 6.20 Å². The molecule has 0 aliphatic rings. The van der Waals surface area contributed by atoms with Crippen LogP contribution in [0.25, 0.3) is 0 Å². The maximum atomic E-state index is 10.5. The molecule has 0 saturated carbocycles. The lowest BCUT2D eigenvalue weighted by Gasteiger charge is -1.85. The summed E-state index contributed by atoms with van der Waals surface area (Å²) in [6.07, 6.45) is 1.53. The Bertz CT molecular complexity index is 211. The van der Waals surface area contributed by atoms with Crippen molar-refractivity contribution in [3.05, 3.63) is 24.0 Å². The van der Waals surface area contributed by atoms with Gasteiger partial charge in [0, 0.05) is 28.8 Å².